The molecule has 1 saturated heterocycles. The van der Waals surface area contributed by atoms with E-state index < -0.39 is 0 Å². The molecule has 26 heavy (non-hydrogen) atoms. The summed E-state index contributed by atoms with van der Waals surface area (Å²) >= 11 is 2.00. The second kappa shape index (κ2) is 6.38. The number of rotatable bonds is 3. The first-order valence-electron chi connectivity index (χ1n) is 9.37. The summed E-state index contributed by atoms with van der Waals surface area (Å²) in [6, 6.07) is 16.3. The van der Waals surface area contributed by atoms with Gasteiger partial charge in [-0.25, -0.2) is 0 Å². The van der Waals surface area contributed by atoms with Crippen molar-refractivity contribution in [2.75, 3.05) is 23.3 Å². The van der Waals surface area contributed by atoms with E-state index in [2.05, 4.69) is 98.7 Å². The summed E-state index contributed by atoms with van der Waals surface area (Å²) in [5, 5.41) is 0.496. The second-order valence-corrected chi connectivity index (χ2v) is 9.48. The summed E-state index contributed by atoms with van der Waals surface area (Å²) in [6.45, 7) is 7.04. The van der Waals surface area contributed by atoms with Crippen LogP contribution in [0.15, 0.2) is 48.5 Å². The van der Waals surface area contributed by atoms with Crippen LogP contribution in [-0.2, 0) is 6.42 Å². The Kier molecular flexibility index (Phi) is 4.31. The second-order valence-electron chi connectivity index (χ2n) is 8.37. The molecule has 0 amide bonds. The number of anilines is 2. The average molecular weight is 365 g/mol. The van der Waals surface area contributed by atoms with Crippen molar-refractivity contribution in [2.24, 2.45) is 5.41 Å². The molecule has 0 aliphatic carbocycles. The first-order chi connectivity index (χ1) is 12.4. The van der Waals surface area contributed by atoms with E-state index in [1.165, 1.54) is 34.5 Å². The Bertz CT molecular complexity index is 836. The lowest BCUT2D eigenvalue weighted by atomic mass is 9.79. The Morgan fingerprint density at radius 2 is 1.85 bits per heavy atom. The third-order valence-corrected chi connectivity index (χ3v) is 7.53. The van der Waals surface area contributed by atoms with Crippen molar-refractivity contribution in [3.63, 3.8) is 0 Å². The molecule has 136 valence electrons. The van der Waals surface area contributed by atoms with Crippen molar-refractivity contribution >= 4 is 29.4 Å². The lowest BCUT2D eigenvalue weighted by molar-refractivity contribution is 0.329. The minimum atomic E-state index is 0.248. The van der Waals surface area contributed by atoms with Gasteiger partial charge in [0.2, 0.25) is 0 Å². The van der Waals surface area contributed by atoms with Crippen LogP contribution in [-0.4, -0.2) is 25.4 Å². The van der Waals surface area contributed by atoms with Gasteiger partial charge in [-0.15, -0.1) is 0 Å². The Morgan fingerprint density at radius 1 is 1.12 bits per heavy atom. The summed E-state index contributed by atoms with van der Waals surface area (Å²) in [7, 11) is 4.16. The van der Waals surface area contributed by atoms with E-state index >= 15 is 0 Å². The van der Waals surface area contributed by atoms with Gasteiger partial charge in [-0.05, 0) is 54.6 Å². The molecular formula is C23H28N2S. The van der Waals surface area contributed by atoms with Crippen molar-refractivity contribution in [3.05, 3.63) is 65.2 Å². The zero-order valence-corrected chi connectivity index (χ0v) is 17.2. The highest BCUT2D eigenvalue weighted by Gasteiger charge is 2.51. The quantitative estimate of drug-likeness (QED) is 0.658. The zero-order chi connectivity index (χ0) is 18.5. The van der Waals surface area contributed by atoms with Crippen LogP contribution in [0.4, 0.5) is 11.4 Å². The smallest absolute Gasteiger partial charge is 0.0513 e. The van der Waals surface area contributed by atoms with Crippen LogP contribution in [0, 0.1) is 12.3 Å². The summed E-state index contributed by atoms with van der Waals surface area (Å²) < 4.78 is 2.57. The van der Waals surface area contributed by atoms with Gasteiger partial charge >= 0.3 is 0 Å². The van der Waals surface area contributed by atoms with Crippen LogP contribution in [0.25, 0.3) is 6.08 Å². The monoisotopic (exact) mass is 364 g/mol. The number of hydrogen-bond donors (Lipinski definition) is 0. The SMILES string of the molecule is Cc1ccc2c(c1)CC1N2SC(C=Cc2ccc(N(C)C)cc2)C1(C)C. The minimum absolute atomic E-state index is 0.248. The normalized spacial score (nSPS) is 23.3. The third kappa shape index (κ3) is 2.92. The van der Waals surface area contributed by atoms with E-state index in [1.54, 1.807) is 0 Å². The van der Waals surface area contributed by atoms with Gasteiger partial charge in [-0.1, -0.05) is 55.8 Å². The minimum Gasteiger partial charge on any atom is -0.378 e. The van der Waals surface area contributed by atoms with Crippen molar-refractivity contribution in [2.45, 2.75) is 38.5 Å². The number of fused-ring (bicyclic) bond motifs is 3. The van der Waals surface area contributed by atoms with E-state index in [-0.39, 0.29) is 5.41 Å². The fourth-order valence-electron chi connectivity index (χ4n) is 4.06. The van der Waals surface area contributed by atoms with Crippen LogP contribution in [0.3, 0.4) is 0 Å². The zero-order valence-electron chi connectivity index (χ0n) is 16.4. The molecule has 2 unspecified atom stereocenters. The summed E-state index contributed by atoms with van der Waals surface area (Å²) in [5.74, 6) is 0. The molecule has 0 saturated carbocycles. The molecule has 0 radical (unpaired) electrons. The van der Waals surface area contributed by atoms with Gasteiger partial charge in [-0.3, -0.25) is 0 Å². The molecule has 2 aliphatic rings. The molecule has 2 aromatic rings. The maximum Gasteiger partial charge on any atom is 0.0513 e. The summed E-state index contributed by atoms with van der Waals surface area (Å²) in [4.78, 5) is 2.14. The molecular weight excluding hydrogens is 336 g/mol. The van der Waals surface area contributed by atoms with Gasteiger partial charge in [0.1, 0.15) is 0 Å². The first kappa shape index (κ1) is 17.5. The Morgan fingerprint density at radius 3 is 2.54 bits per heavy atom. The van der Waals surface area contributed by atoms with Crippen LogP contribution in [0.1, 0.15) is 30.5 Å². The van der Waals surface area contributed by atoms with E-state index in [0.717, 1.165) is 0 Å². The van der Waals surface area contributed by atoms with E-state index in [1.807, 2.05) is 11.9 Å². The predicted octanol–water partition coefficient (Wildman–Crippen LogP) is 5.56. The first-order valence-corrected chi connectivity index (χ1v) is 10.2. The van der Waals surface area contributed by atoms with Crippen molar-refractivity contribution in [3.8, 4) is 0 Å². The van der Waals surface area contributed by atoms with Gasteiger partial charge in [-0.2, -0.15) is 0 Å². The maximum absolute atomic E-state index is 2.57. The van der Waals surface area contributed by atoms with Gasteiger partial charge in [0.15, 0.2) is 0 Å². The van der Waals surface area contributed by atoms with Gasteiger partial charge in [0.25, 0.3) is 0 Å². The van der Waals surface area contributed by atoms with E-state index in [4.69, 9.17) is 0 Å². The molecule has 2 heterocycles. The molecule has 0 bridgehead atoms. The van der Waals surface area contributed by atoms with Crippen LogP contribution >= 0.6 is 11.9 Å². The topological polar surface area (TPSA) is 6.48 Å². The number of hydrogen-bond acceptors (Lipinski definition) is 3. The average Bonchev–Trinajstić information content (AvgIpc) is 3.07. The standard InChI is InChI=1S/C23H28N2S/c1-16-6-12-20-18(14-16)15-21-23(2,3)22(26-25(20)21)13-9-17-7-10-19(11-8-17)24(4)5/h6-14,21-22H,15H2,1-5H3. The summed E-state index contributed by atoms with van der Waals surface area (Å²) in [6.07, 6.45) is 5.86. The van der Waals surface area contributed by atoms with Crippen molar-refractivity contribution < 1.29 is 0 Å². The van der Waals surface area contributed by atoms with E-state index in [0.29, 0.717) is 11.3 Å². The molecule has 2 atom stereocenters. The molecule has 2 aliphatic heterocycles. The molecule has 0 aromatic heterocycles. The van der Waals surface area contributed by atoms with Crippen molar-refractivity contribution in [1.29, 1.82) is 0 Å². The Labute approximate surface area is 162 Å². The molecule has 2 nitrogen and oxygen atoms in total. The maximum atomic E-state index is 2.57. The lowest BCUT2D eigenvalue weighted by Crippen LogP contribution is -2.36. The van der Waals surface area contributed by atoms with Gasteiger partial charge in [0.05, 0.1) is 17.0 Å². The Hall–Kier alpha value is -1.87. The third-order valence-electron chi connectivity index (χ3n) is 5.86. The van der Waals surface area contributed by atoms with E-state index in [9.17, 15) is 0 Å². The van der Waals surface area contributed by atoms with Crippen LogP contribution < -0.4 is 9.21 Å². The molecule has 3 heteroatoms. The molecule has 2 aromatic carbocycles. The van der Waals surface area contributed by atoms with Crippen LogP contribution in [0.5, 0.6) is 0 Å². The highest BCUT2D eigenvalue weighted by Crippen LogP contribution is 2.55. The number of benzene rings is 2. The predicted molar refractivity (Wildman–Crippen MR) is 116 cm³/mol. The summed E-state index contributed by atoms with van der Waals surface area (Å²) in [5.41, 5.74) is 7.06. The number of nitrogens with zero attached hydrogens (tertiary/aromatic N) is 2. The molecule has 0 N–H and O–H groups in total. The number of aryl methyl sites for hydroxylation is 1. The molecule has 0 spiro atoms. The lowest BCUT2D eigenvalue weighted by Gasteiger charge is -2.28. The largest absolute Gasteiger partial charge is 0.378 e. The highest BCUT2D eigenvalue weighted by atomic mass is 32.2. The van der Waals surface area contributed by atoms with Gasteiger partial charge < -0.3 is 9.21 Å². The molecule has 4 rings (SSSR count). The highest BCUT2D eigenvalue weighted by molar-refractivity contribution is 8.01. The molecule has 1 fully saturated rings. The van der Waals surface area contributed by atoms with Crippen molar-refractivity contribution in [1.82, 2.24) is 0 Å². The van der Waals surface area contributed by atoms with Gasteiger partial charge in [0, 0.05) is 25.2 Å². The van der Waals surface area contributed by atoms with Crippen LogP contribution in [0.2, 0.25) is 0 Å². The fraction of sp³-hybridized carbons (Fsp3) is 0.391. The fourth-order valence-corrected chi connectivity index (χ4v) is 5.67. The Balaban J connectivity index is 1.54.